The van der Waals surface area contributed by atoms with Gasteiger partial charge in [0.15, 0.2) is 5.79 Å². The van der Waals surface area contributed by atoms with E-state index in [0.29, 0.717) is 39.1 Å². The average Bonchev–Trinajstić information content (AvgIpc) is 3.01. The van der Waals surface area contributed by atoms with Crippen molar-refractivity contribution in [3.63, 3.8) is 0 Å². The molecular weight excluding hydrogens is 492 g/mol. The van der Waals surface area contributed by atoms with Crippen molar-refractivity contribution in [3.05, 3.63) is 53.6 Å². The number of rotatable bonds is 12. The zero-order chi connectivity index (χ0) is 27.9. The first-order chi connectivity index (χ1) is 18.8. The summed E-state index contributed by atoms with van der Waals surface area (Å²) in [6, 6.07) is 7.83. The van der Waals surface area contributed by atoms with Gasteiger partial charge in [-0.2, -0.15) is 0 Å². The first-order valence-electron chi connectivity index (χ1n) is 14.6. The molecule has 2 bridgehead atoms. The van der Waals surface area contributed by atoms with Crippen LogP contribution in [-0.4, -0.2) is 44.3 Å². The molecule has 2 unspecified atom stereocenters. The summed E-state index contributed by atoms with van der Waals surface area (Å²) >= 11 is 0. The Balaban J connectivity index is 1.65. The largest absolute Gasteiger partial charge is 0.497 e. The van der Waals surface area contributed by atoms with Crippen molar-refractivity contribution in [3.8, 4) is 5.75 Å². The Labute approximate surface area is 234 Å². The Morgan fingerprint density at radius 1 is 1.08 bits per heavy atom. The van der Waals surface area contributed by atoms with E-state index in [0.717, 1.165) is 55.3 Å². The van der Waals surface area contributed by atoms with Crippen molar-refractivity contribution in [2.24, 2.45) is 23.2 Å². The van der Waals surface area contributed by atoms with Gasteiger partial charge in [-0.25, -0.2) is 0 Å². The molecule has 214 valence electrons. The molecule has 1 aliphatic heterocycles. The van der Waals surface area contributed by atoms with E-state index in [-0.39, 0.29) is 23.5 Å². The van der Waals surface area contributed by atoms with Gasteiger partial charge >= 0.3 is 0 Å². The van der Waals surface area contributed by atoms with Crippen LogP contribution in [0.15, 0.2) is 48.1 Å². The van der Waals surface area contributed by atoms with Crippen LogP contribution in [0.2, 0.25) is 0 Å². The average molecular weight is 539 g/mol. The summed E-state index contributed by atoms with van der Waals surface area (Å²) in [5, 5.41) is 0. The van der Waals surface area contributed by atoms with Crippen molar-refractivity contribution in [1.82, 2.24) is 0 Å². The summed E-state index contributed by atoms with van der Waals surface area (Å²) in [5.41, 5.74) is 1.76. The van der Waals surface area contributed by atoms with Crippen molar-refractivity contribution in [2.75, 3.05) is 20.3 Å². The predicted molar refractivity (Wildman–Crippen MR) is 151 cm³/mol. The highest BCUT2D eigenvalue weighted by molar-refractivity contribution is 5.84. The number of ketones is 1. The number of ether oxygens (including phenoxy) is 4. The second-order valence-corrected chi connectivity index (χ2v) is 11.9. The van der Waals surface area contributed by atoms with Gasteiger partial charge in [-0.1, -0.05) is 43.2 Å². The van der Waals surface area contributed by atoms with Crippen molar-refractivity contribution in [1.29, 1.82) is 0 Å². The molecule has 1 saturated carbocycles. The molecule has 6 heteroatoms. The van der Waals surface area contributed by atoms with Gasteiger partial charge in [0, 0.05) is 18.3 Å². The maximum absolute atomic E-state index is 13.8. The minimum Gasteiger partial charge on any atom is -0.497 e. The topological polar surface area (TPSA) is 71.1 Å². The van der Waals surface area contributed by atoms with E-state index in [2.05, 4.69) is 25.2 Å². The van der Waals surface area contributed by atoms with Crippen LogP contribution in [-0.2, 0) is 30.4 Å². The zero-order valence-electron chi connectivity index (χ0n) is 24.2. The Morgan fingerprint density at radius 3 is 2.49 bits per heavy atom. The molecule has 3 aliphatic rings. The molecule has 2 fully saturated rings. The smallest absolute Gasteiger partial charge is 0.162 e. The van der Waals surface area contributed by atoms with Gasteiger partial charge in [-0.15, -0.1) is 0 Å². The minimum absolute atomic E-state index is 0.0489. The van der Waals surface area contributed by atoms with Gasteiger partial charge in [0.2, 0.25) is 0 Å². The van der Waals surface area contributed by atoms with Crippen LogP contribution < -0.4 is 4.74 Å². The lowest BCUT2D eigenvalue weighted by Crippen LogP contribution is -2.52. The van der Waals surface area contributed by atoms with E-state index < -0.39 is 17.3 Å². The molecule has 2 aliphatic carbocycles. The first kappa shape index (κ1) is 29.7. The van der Waals surface area contributed by atoms with Gasteiger partial charge in [0.25, 0.3) is 0 Å². The van der Waals surface area contributed by atoms with Crippen LogP contribution in [0.5, 0.6) is 5.75 Å². The van der Waals surface area contributed by atoms with Gasteiger partial charge in [0.1, 0.15) is 17.8 Å². The quantitative estimate of drug-likeness (QED) is 0.169. The molecule has 1 heterocycles. The number of benzene rings is 1. The van der Waals surface area contributed by atoms with Gasteiger partial charge in [-0.3, -0.25) is 4.79 Å². The van der Waals surface area contributed by atoms with Crippen LogP contribution in [0, 0.1) is 23.2 Å². The minimum atomic E-state index is -0.651. The lowest BCUT2D eigenvalue weighted by atomic mass is 9.63. The summed E-state index contributed by atoms with van der Waals surface area (Å²) in [5.74, 6) is 0.115. The Bertz CT molecular complexity index is 1010. The Kier molecular flexibility index (Phi) is 10.2. The van der Waals surface area contributed by atoms with Crippen molar-refractivity contribution in [2.45, 2.75) is 90.6 Å². The molecular formula is C33H46O6. The lowest BCUT2D eigenvalue weighted by Gasteiger charge is -2.49. The lowest BCUT2D eigenvalue weighted by molar-refractivity contribution is -0.281. The second-order valence-electron chi connectivity index (χ2n) is 11.9. The van der Waals surface area contributed by atoms with E-state index in [1.54, 1.807) is 7.11 Å². The van der Waals surface area contributed by atoms with E-state index >= 15 is 0 Å². The third kappa shape index (κ3) is 7.08. The van der Waals surface area contributed by atoms with Crippen molar-refractivity contribution >= 4 is 12.1 Å². The number of methoxy groups -OCH3 is 1. The molecule has 1 aromatic rings. The summed E-state index contributed by atoms with van der Waals surface area (Å²) < 4.78 is 24.4. The third-order valence-electron chi connectivity index (χ3n) is 8.86. The van der Waals surface area contributed by atoms with E-state index in [9.17, 15) is 9.59 Å². The molecule has 39 heavy (non-hydrogen) atoms. The van der Waals surface area contributed by atoms with E-state index in [4.69, 9.17) is 18.9 Å². The Hall–Kier alpha value is -2.28. The predicted octanol–water partition coefficient (Wildman–Crippen LogP) is 6.62. The molecule has 0 radical (unpaired) electrons. The fraction of sp³-hybridized carbons (Fsp3) is 0.636. The SMILES string of the molecule is C/C=C/CCCCC[C@@H]1C=C2C(OCc3ccc(OC)cc3)C(C(=O)CCC23COC(C)(C)OC3)[C@H]1CC=O. The van der Waals surface area contributed by atoms with E-state index in [1.807, 2.05) is 38.1 Å². The molecule has 4 rings (SSSR count). The van der Waals surface area contributed by atoms with Crippen LogP contribution in [0.1, 0.15) is 77.7 Å². The molecule has 1 spiro atoms. The molecule has 1 aromatic carbocycles. The fourth-order valence-electron chi connectivity index (χ4n) is 6.53. The standard InChI is InChI=1S/C33H46O6/c1-5-6-7-8-9-10-11-25-20-28-31(37-21-24-12-14-26(36-4)15-13-24)30(27(25)17-19-34)29(35)16-18-33(28)22-38-32(2,3)39-23-33/h5-6,12-15,19-20,25,27,30-31H,7-11,16-18,21-23H2,1-4H3/b6-5+/t25-,27+,30?,31?/m1/s1. The number of aldehydes is 1. The maximum atomic E-state index is 13.8. The number of fused-ring (bicyclic) bond motifs is 3. The molecule has 0 amide bonds. The van der Waals surface area contributed by atoms with Crippen LogP contribution in [0.3, 0.4) is 0 Å². The fourth-order valence-corrected chi connectivity index (χ4v) is 6.53. The molecule has 0 N–H and O–H groups in total. The maximum Gasteiger partial charge on any atom is 0.162 e. The molecule has 0 aromatic heterocycles. The normalized spacial score (nSPS) is 27.8. The molecule has 6 nitrogen and oxygen atoms in total. The summed E-state index contributed by atoms with van der Waals surface area (Å²) in [6.07, 6.45) is 14.2. The first-order valence-corrected chi connectivity index (χ1v) is 14.6. The number of unbranched alkanes of at least 4 members (excludes halogenated alkanes) is 3. The highest BCUT2D eigenvalue weighted by atomic mass is 16.7. The Morgan fingerprint density at radius 2 is 1.82 bits per heavy atom. The number of carbonyl (C=O) groups is 2. The second kappa shape index (κ2) is 13.4. The number of hydrogen-bond acceptors (Lipinski definition) is 6. The summed E-state index contributed by atoms with van der Waals surface area (Å²) in [7, 11) is 1.65. The van der Waals surface area contributed by atoms with Gasteiger partial charge in [0.05, 0.1) is 39.0 Å². The highest BCUT2D eigenvalue weighted by Crippen LogP contribution is 2.52. The summed E-state index contributed by atoms with van der Waals surface area (Å²) in [6.45, 7) is 7.32. The zero-order valence-corrected chi connectivity index (χ0v) is 24.2. The number of hydrogen-bond donors (Lipinski definition) is 0. The number of carbonyl (C=O) groups excluding carboxylic acids is 2. The summed E-state index contributed by atoms with van der Waals surface area (Å²) in [4.78, 5) is 25.7. The van der Waals surface area contributed by atoms with Crippen LogP contribution >= 0.6 is 0 Å². The van der Waals surface area contributed by atoms with Gasteiger partial charge in [-0.05, 0) is 81.6 Å². The van der Waals surface area contributed by atoms with Crippen molar-refractivity contribution < 1.29 is 28.5 Å². The number of Topliss-reactive ketones (excluding diaryl/α,β-unsaturated/α-hetero) is 1. The molecule has 4 atom stereocenters. The van der Waals surface area contributed by atoms with Crippen LogP contribution in [0.4, 0.5) is 0 Å². The molecule has 1 saturated heterocycles. The third-order valence-corrected chi connectivity index (χ3v) is 8.86. The van der Waals surface area contributed by atoms with Gasteiger partial charge < -0.3 is 23.7 Å². The van der Waals surface area contributed by atoms with E-state index in [1.165, 1.54) is 0 Å². The highest BCUT2D eigenvalue weighted by Gasteiger charge is 2.54. The number of allylic oxidation sites excluding steroid dienone is 3. The van der Waals surface area contributed by atoms with Crippen LogP contribution in [0.25, 0.3) is 0 Å². The monoisotopic (exact) mass is 538 g/mol.